The van der Waals surface area contributed by atoms with Crippen molar-refractivity contribution in [2.24, 2.45) is 5.41 Å². The smallest absolute Gasteiger partial charge is 0.236 e. The van der Waals surface area contributed by atoms with Crippen LogP contribution in [0.15, 0.2) is 0 Å². The molecule has 2 amide bonds. The molecule has 0 bridgehead atoms. The van der Waals surface area contributed by atoms with Crippen molar-refractivity contribution in [1.82, 2.24) is 20.0 Å². The third kappa shape index (κ3) is 3.95. The Bertz CT molecular complexity index is 383. The number of amides is 2. The van der Waals surface area contributed by atoms with Crippen LogP contribution in [0.25, 0.3) is 0 Å². The highest BCUT2D eigenvalue weighted by atomic mass is 16.2. The highest BCUT2D eigenvalue weighted by Crippen LogP contribution is 2.28. The number of piperazine rings is 1. The summed E-state index contributed by atoms with van der Waals surface area (Å²) >= 11 is 0. The lowest BCUT2D eigenvalue weighted by Gasteiger charge is -2.41. The Morgan fingerprint density at radius 2 is 1.76 bits per heavy atom. The maximum absolute atomic E-state index is 12.7. The lowest BCUT2D eigenvalue weighted by molar-refractivity contribution is -0.147. The van der Waals surface area contributed by atoms with Crippen molar-refractivity contribution >= 4 is 11.8 Å². The van der Waals surface area contributed by atoms with E-state index in [1.807, 2.05) is 28.8 Å². The molecule has 21 heavy (non-hydrogen) atoms. The van der Waals surface area contributed by atoms with E-state index in [0.717, 1.165) is 25.9 Å². The van der Waals surface area contributed by atoms with Gasteiger partial charge in [0.2, 0.25) is 11.8 Å². The second-order valence-electron chi connectivity index (χ2n) is 6.75. The van der Waals surface area contributed by atoms with Gasteiger partial charge in [0.05, 0.1) is 12.0 Å². The van der Waals surface area contributed by atoms with E-state index in [1.54, 1.807) is 0 Å². The van der Waals surface area contributed by atoms with Gasteiger partial charge in [-0.2, -0.15) is 0 Å². The molecular weight excluding hydrogens is 268 g/mol. The second-order valence-corrected chi connectivity index (χ2v) is 6.75. The molecule has 2 rings (SSSR count). The average molecular weight is 296 g/mol. The van der Waals surface area contributed by atoms with Gasteiger partial charge in [-0.15, -0.1) is 0 Å². The van der Waals surface area contributed by atoms with Gasteiger partial charge in [0.1, 0.15) is 0 Å². The minimum absolute atomic E-state index is 0.151. The molecule has 1 unspecified atom stereocenters. The monoisotopic (exact) mass is 296 g/mol. The van der Waals surface area contributed by atoms with Crippen molar-refractivity contribution in [3.05, 3.63) is 0 Å². The van der Waals surface area contributed by atoms with Crippen LogP contribution >= 0.6 is 0 Å². The molecule has 2 aliphatic heterocycles. The molecule has 0 radical (unpaired) electrons. The first-order valence-corrected chi connectivity index (χ1v) is 7.85. The van der Waals surface area contributed by atoms with Gasteiger partial charge in [0, 0.05) is 32.7 Å². The summed E-state index contributed by atoms with van der Waals surface area (Å²) in [4.78, 5) is 30.4. The summed E-state index contributed by atoms with van der Waals surface area (Å²) in [7, 11) is 3.79. The van der Waals surface area contributed by atoms with Gasteiger partial charge in [-0.3, -0.25) is 9.59 Å². The van der Waals surface area contributed by atoms with Gasteiger partial charge in [-0.05, 0) is 40.4 Å². The van der Waals surface area contributed by atoms with Crippen molar-refractivity contribution in [3.63, 3.8) is 0 Å². The molecule has 0 aromatic carbocycles. The van der Waals surface area contributed by atoms with E-state index in [1.165, 1.54) is 0 Å². The van der Waals surface area contributed by atoms with Crippen molar-refractivity contribution < 1.29 is 9.59 Å². The normalized spacial score (nSPS) is 27.0. The molecule has 1 atom stereocenters. The zero-order valence-corrected chi connectivity index (χ0v) is 13.5. The number of hydrogen-bond donors (Lipinski definition) is 1. The first kappa shape index (κ1) is 16.2. The molecule has 120 valence electrons. The fourth-order valence-corrected chi connectivity index (χ4v) is 3.15. The molecule has 0 aromatic heterocycles. The molecular formula is C15H28N4O2. The molecule has 6 heteroatoms. The van der Waals surface area contributed by atoms with E-state index in [9.17, 15) is 9.59 Å². The van der Waals surface area contributed by atoms with Crippen LogP contribution in [0.1, 0.15) is 19.8 Å². The zero-order chi connectivity index (χ0) is 15.5. The highest BCUT2D eigenvalue weighted by molar-refractivity contribution is 5.83. The van der Waals surface area contributed by atoms with Gasteiger partial charge in [-0.25, -0.2) is 0 Å². The molecule has 0 aromatic rings. The fraction of sp³-hybridized carbons (Fsp3) is 0.867. The first-order valence-electron chi connectivity index (χ1n) is 7.85. The van der Waals surface area contributed by atoms with E-state index in [-0.39, 0.29) is 17.2 Å². The fourth-order valence-electron chi connectivity index (χ4n) is 3.15. The van der Waals surface area contributed by atoms with Gasteiger partial charge in [0.25, 0.3) is 0 Å². The topological polar surface area (TPSA) is 55.9 Å². The van der Waals surface area contributed by atoms with Gasteiger partial charge < -0.3 is 20.0 Å². The predicted octanol–water partition coefficient (Wildman–Crippen LogP) is -0.391. The van der Waals surface area contributed by atoms with Crippen molar-refractivity contribution in [2.75, 3.05) is 59.9 Å². The van der Waals surface area contributed by atoms with Crippen LogP contribution in [0, 0.1) is 5.41 Å². The molecule has 2 aliphatic rings. The summed E-state index contributed by atoms with van der Waals surface area (Å²) in [5.74, 6) is 0.395. The van der Waals surface area contributed by atoms with Crippen LogP contribution in [0.5, 0.6) is 0 Å². The van der Waals surface area contributed by atoms with E-state index < -0.39 is 0 Å². The molecule has 6 nitrogen and oxygen atoms in total. The quantitative estimate of drug-likeness (QED) is 0.770. The number of likely N-dealkylation sites (N-methyl/N-ethyl adjacent to an activating group) is 1. The molecule has 2 heterocycles. The summed E-state index contributed by atoms with van der Waals surface area (Å²) in [6, 6.07) is 0. The Labute approximate surface area is 127 Å². The first-order chi connectivity index (χ1) is 9.92. The summed E-state index contributed by atoms with van der Waals surface area (Å²) in [5.41, 5.74) is -0.270. The van der Waals surface area contributed by atoms with Gasteiger partial charge in [-0.1, -0.05) is 0 Å². The standard InChI is InChI=1S/C15H28N4O2/c1-15(5-4-6-16-12-15)14(21)19-9-7-18(8-10-19)13(20)11-17(2)3/h16H,4-12H2,1-3H3. The van der Waals surface area contributed by atoms with Crippen molar-refractivity contribution in [2.45, 2.75) is 19.8 Å². The van der Waals surface area contributed by atoms with E-state index >= 15 is 0 Å². The van der Waals surface area contributed by atoms with Gasteiger partial charge >= 0.3 is 0 Å². The Balaban J connectivity index is 1.86. The molecule has 1 N–H and O–H groups in total. The maximum Gasteiger partial charge on any atom is 0.236 e. The number of piperidine rings is 1. The number of carbonyl (C=O) groups is 2. The third-order valence-electron chi connectivity index (χ3n) is 4.48. The van der Waals surface area contributed by atoms with E-state index in [4.69, 9.17) is 0 Å². The van der Waals surface area contributed by atoms with Crippen LogP contribution in [0.2, 0.25) is 0 Å². The Kier molecular flexibility index (Phi) is 5.22. The predicted molar refractivity (Wildman–Crippen MR) is 81.9 cm³/mol. The summed E-state index contributed by atoms with van der Waals surface area (Å²) in [5, 5.41) is 3.33. The minimum atomic E-state index is -0.270. The van der Waals surface area contributed by atoms with Crippen molar-refractivity contribution in [3.8, 4) is 0 Å². The van der Waals surface area contributed by atoms with Crippen LogP contribution in [0.4, 0.5) is 0 Å². The summed E-state index contributed by atoms with van der Waals surface area (Å²) in [6.45, 7) is 6.91. The minimum Gasteiger partial charge on any atom is -0.339 e. The molecule has 0 spiro atoms. The third-order valence-corrected chi connectivity index (χ3v) is 4.48. The van der Waals surface area contributed by atoms with E-state index in [0.29, 0.717) is 32.7 Å². The van der Waals surface area contributed by atoms with E-state index in [2.05, 4.69) is 12.2 Å². The molecule has 2 fully saturated rings. The number of rotatable bonds is 3. The van der Waals surface area contributed by atoms with Crippen LogP contribution < -0.4 is 5.32 Å². The number of nitrogens with zero attached hydrogens (tertiary/aromatic N) is 3. The van der Waals surface area contributed by atoms with Gasteiger partial charge in [0.15, 0.2) is 0 Å². The summed E-state index contributed by atoms with van der Waals surface area (Å²) < 4.78 is 0. The SMILES string of the molecule is CN(C)CC(=O)N1CCN(C(=O)C2(C)CCCNC2)CC1. The van der Waals surface area contributed by atoms with Crippen LogP contribution in [-0.2, 0) is 9.59 Å². The second kappa shape index (κ2) is 6.75. The number of hydrogen-bond acceptors (Lipinski definition) is 4. The Hall–Kier alpha value is -1.14. The van der Waals surface area contributed by atoms with Crippen molar-refractivity contribution in [1.29, 1.82) is 0 Å². The largest absolute Gasteiger partial charge is 0.339 e. The molecule has 2 saturated heterocycles. The maximum atomic E-state index is 12.7. The zero-order valence-electron chi connectivity index (χ0n) is 13.5. The van der Waals surface area contributed by atoms with Crippen LogP contribution in [-0.4, -0.2) is 86.4 Å². The lowest BCUT2D eigenvalue weighted by Crippen LogP contribution is -2.57. The average Bonchev–Trinajstić information content (AvgIpc) is 2.46. The summed E-state index contributed by atoms with van der Waals surface area (Å²) in [6.07, 6.45) is 2.02. The molecule has 0 saturated carbocycles. The highest BCUT2D eigenvalue weighted by Gasteiger charge is 2.38. The molecule has 0 aliphatic carbocycles. The Morgan fingerprint density at radius 3 is 2.29 bits per heavy atom. The lowest BCUT2D eigenvalue weighted by atomic mass is 9.81. The Morgan fingerprint density at radius 1 is 1.14 bits per heavy atom. The number of nitrogens with one attached hydrogen (secondary N) is 1. The van der Waals surface area contributed by atoms with Crippen LogP contribution in [0.3, 0.4) is 0 Å². The number of carbonyl (C=O) groups excluding carboxylic acids is 2.